The number of hydrogen-bond acceptors (Lipinski definition) is 4. The molecule has 0 fully saturated rings. The zero-order chi connectivity index (χ0) is 25.0. The third-order valence-corrected chi connectivity index (χ3v) is 8.00. The molecule has 0 radical (unpaired) electrons. The lowest BCUT2D eigenvalue weighted by Gasteiger charge is -2.38. The summed E-state index contributed by atoms with van der Waals surface area (Å²) >= 11 is 1.77. The molecular formula is C29H42N2O3S. The molecule has 1 atom stereocenters. The predicted octanol–water partition coefficient (Wildman–Crippen LogP) is 6.15. The van der Waals surface area contributed by atoms with Gasteiger partial charge in [-0.25, -0.2) is 0 Å². The normalized spacial score (nSPS) is 15.2. The third kappa shape index (κ3) is 7.65. The van der Waals surface area contributed by atoms with E-state index in [4.69, 9.17) is 4.74 Å². The van der Waals surface area contributed by atoms with Gasteiger partial charge in [0, 0.05) is 31.5 Å². The van der Waals surface area contributed by atoms with E-state index in [-0.39, 0.29) is 24.4 Å². The number of fused-ring (bicyclic) bond motifs is 1. The standard InChI is InChI=1S/C29H42N2O3S/c1-4-5-6-7-8-9-10-15-27(32)30(19-20-34-3)22-28(33)31-18-16-26-25(17-21-35-26)29(31)24-14-12-11-13-23(24)2/h11-14,17,21,29H,4-10,15-16,18-20,22H2,1-3H3. The van der Waals surface area contributed by atoms with Gasteiger partial charge in [-0.3, -0.25) is 9.59 Å². The van der Waals surface area contributed by atoms with Crippen molar-refractivity contribution in [2.75, 3.05) is 33.4 Å². The molecule has 2 aromatic rings. The largest absolute Gasteiger partial charge is 0.383 e. The minimum absolute atomic E-state index is 0.0131. The Morgan fingerprint density at radius 2 is 1.80 bits per heavy atom. The van der Waals surface area contributed by atoms with E-state index in [0.29, 0.717) is 26.1 Å². The fourth-order valence-corrected chi connectivity index (χ4v) is 5.86. The second-order valence-electron chi connectivity index (χ2n) is 9.57. The monoisotopic (exact) mass is 498 g/mol. The Kier molecular flexibility index (Phi) is 11.3. The molecule has 0 N–H and O–H groups in total. The molecule has 192 valence electrons. The van der Waals surface area contributed by atoms with Crippen molar-refractivity contribution in [3.8, 4) is 0 Å². The third-order valence-electron chi connectivity index (χ3n) is 7.01. The number of ether oxygens (including phenoxy) is 1. The SMILES string of the molecule is CCCCCCCCCC(=O)N(CCOC)CC(=O)N1CCc2sccc2C1c1ccccc1C. The number of benzene rings is 1. The number of carbonyl (C=O) groups excluding carboxylic acids is 2. The lowest BCUT2D eigenvalue weighted by Crippen LogP contribution is -2.47. The number of aryl methyl sites for hydroxylation is 1. The quantitative estimate of drug-likeness (QED) is 0.294. The Labute approximate surface area is 215 Å². The number of nitrogens with zero attached hydrogens (tertiary/aromatic N) is 2. The van der Waals surface area contributed by atoms with E-state index in [2.05, 4.69) is 37.4 Å². The van der Waals surface area contributed by atoms with Crippen molar-refractivity contribution in [1.82, 2.24) is 9.80 Å². The van der Waals surface area contributed by atoms with Crippen LogP contribution in [0.15, 0.2) is 35.7 Å². The smallest absolute Gasteiger partial charge is 0.242 e. The molecule has 1 aliphatic heterocycles. The highest BCUT2D eigenvalue weighted by Gasteiger charge is 2.34. The number of hydrogen-bond donors (Lipinski definition) is 0. The Bertz CT molecular complexity index is 942. The van der Waals surface area contributed by atoms with Crippen molar-refractivity contribution < 1.29 is 14.3 Å². The van der Waals surface area contributed by atoms with Crippen LogP contribution in [0.3, 0.4) is 0 Å². The first-order chi connectivity index (χ1) is 17.1. The van der Waals surface area contributed by atoms with E-state index in [1.54, 1.807) is 23.3 Å². The molecule has 0 saturated heterocycles. The van der Waals surface area contributed by atoms with Gasteiger partial charge in [-0.15, -0.1) is 11.3 Å². The summed E-state index contributed by atoms with van der Waals surface area (Å²) in [7, 11) is 1.64. The average Bonchev–Trinajstić information content (AvgIpc) is 3.34. The Morgan fingerprint density at radius 3 is 2.54 bits per heavy atom. The second-order valence-corrected chi connectivity index (χ2v) is 10.6. The average molecular weight is 499 g/mol. The van der Waals surface area contributed by atoms with Crippen LogP contribution >= 0.6 is 11.3 Å². The van der Waals surface area contributed by atoms with E-state index in [9.17, 15) is 9.59 Å². The van der Waals surface area contributed by atoms with Crippen molar-refractivity contribution in [3.05, 3.63) is 57.3 Å². The summed E-state index contributed by atoms with van der Waals surface area (Å²) in [5.74, 6) is 0.0729. The van der Waals surface area contributed by atoms with Crippen LogP contribution in [0.1, 0.15) is 85.9 Å². The van der Waals surface area contributed by atoms with Crippen LogP contribution in [0.25, 0.3) is 0 Å². The summed E-state index contributed by atoms with van der Waals surface area (Å²) in [6, 6.07) is 10.4. The molecule has 6 heteroatoms. The van der Waals surface area contributed by atoms with Gasteiger partial charge in [-0.1, -0.05) is 69.7 Å². The van der Waals surface area contributed by atoms with Crippen molar-refractivity contribution >= 4 is 23.2 Å². The summed E-state index contributed by atoms with van der Waals surface area (Å²) in [5, 5.41) is 2.13. The molecule has 1 aromatic heterocycles. The first-order valence-corrected chi connectivity index (χ1v) is 14.1. The zero-order valence-electron chi connectivity index (χ0n) is 21.8. The first-order valence-electron chi connectivity index (χ1n) is 13.2. The first kappa shape index (κ1) is 27.4. The van der Waals surface area contributed by atoms with Gasteiger partial charge in [0.1, 0.15) is 0 Å². The Hall–Kier alpha value is -2.18. The fourth-order valence-electron chi connectivity index (χ4n) is 4.95. The maximum Gasteiger partial charge on any atom is 0.242 e. The highest BCUT2D eigenvalue weighted by molar-refractivity contribution is 7.10. The molecule has 5 nitrogen and oxygen atoms in total. The number of thiophene rings is 1. The van der Waals surface area contributed by atoms with Gasteiger partial charge < -0.3 is 14.5 Å². The second kappa shape index (κ2) is 14.4. The number of rotatable bonds is 14. The predicted molar refractivity (Wildman–Crippen MR) is 144 cm³/mol. The minimum atomic E-state index is -0.0961. The lowest BCUT2D eigenvalue weighted by molar-refractivity contribution is -0.142. The van der Waals surface area contributed by atoms with Gasteiger partial charge in [0.05, 0.1) is 19.2 Å². The van der Waals surface area contributed by atoms with Crippen molar-refractivity contribution in [2.45, 2.75) is 77.7 Å². The molecule has 35 heavy (non-hydrogen) atoms. The molecule has 0 spiro atoms. The van der Waals surface area contributed by atoms with Gasteiger partial charge in [0.2, 0.25) is 11.8 Å². The fraction of sp³-hybridized carbons (Fsp3) is 0.586. The maximum absolute atomic E-state index is 13.7. The highest BCUT2D eigenvalue weighted by Crippen LogP contribution is 2.39. The van der Waals surface area contributed by atoms with Crippen LogP contribution in [0.2, 0.25) is 0 Å². The molecule has 1 unspecified atom stereocenters. The van der Waals surface area contributed by atoms with Crippen molar-refractivity contribution in [2.24, 2.45) is 0 Å². The van der Waals surface area contributed by atoms with E-state index in [1.165, 1.54) is 48.1 Å². The Morgan fingerprint density at radius 1 is 1.06 bits per heavy atom. The van der Waals surface area contributed by atoms with E-state index < -0.39 is 0 Å². The molecule has 3 rings (SSSR count). The van der Waals surface area contributed by atoms with Gasteiger partial charge in [0.15, 0.2) is 0 Å². The van der Waals surface area contributed by atoms with Crippen LogP contribution < -0.4 is 0 Å². The highest BCUT2D eigenvalue weighted by atomic mass is 32.1. The molecule has 2 amide bonds. The molecule has 0 bridgehead atoms. The molecule has 1 aliphatic rings. The molecule has 0 aliphatic carbocycles. The topological polar surface area (TPSA) is 49.9 Å². The molecular weight excluding hydrogens is 456 g/mol. The van der Waals surface area contributed by atoms with Crippen LogP contribution in [-0.4, -0.2) is 55.0 Å². The van der Waals surface area contributed by atoms with E-state index in [0.717, 1.165) is 24.8 Å². The number of amides is 2. The Balaban J connectivity index is 1.66. The van der Waals surface area contributed by atoms with Gasteiger partial charge >= 0.3 is 0 Å². The summed E-state index contributed by atoms with van der Waals surface area (Å²) in [4.78, 5) is 31.8. The van der Waals surface area contributed by atoms with Crippen LogP contribution in [0, 0.1) is 6.92 Å². The van der Waals surface area contributed by atoms with Crippen molar-refractivity contribution in [1.29, 1.82) is 0 Å². The summed E-state index contributed by atoms with van der Waals surface area (Å²) in [6.45, 7) is 6.00. The summed E-state index contributed by atoms with van der Waals surface area (Å²) < 4.78 is 5.25. The molecule has 1 aromatic carbocycles. The van der Waals surface area contributed by atoms with Crippen LogP contribution in [0.4, 0.5) is 0 Å². The summed E-state index contributed by atoms with van der Waals surface area (Å²) in [6.07, 6.45) is 9.57. The molecule has 0 saturated carbocycles. The minimum Gasteiger partial charge on any atom is -0.383 e. The number of unbranched alkanes of at least 4 members (excludes halogenated alkanes) is 6. The van der Waals surface area contributed by atoms with Gasteiger partial charge in [-0.2, -0.15) is 0 Å². The number of carbonyl (C=O) groups is 2. The summed E-state index contributed by atoms with van der Waals surface area (Å²) in [5.41, 5.74) is 3.57. The van der Waals surface area contributed by atoms with E-state index >= 15 is 0 Å². The zero-order valence-corrected chi connectivity index (χ0v) is 22.6. The van der Waals surface area contributed by atoms with Crippen LogP contribution in [0.5, 0.6) is 0 Å². The molecule has 2 heterocycles. The van der Waals surface area contributed by atoms with Gasteiger partial charge in [-0.05, 0) is 47.9 Å². The maximum atomic E-state index is 13.7. The van der Waals surface area contributed by atoms with Crippen molar-refractivity contribution in [3.63, 3.8) is 0 Å². The number of methoxy groups -OCH3 is 1. The van der Waals surface area contributed by atoms with E-state index in [1.807, 2.05) is 17.0 Å². The van der Waals surface area contributed by atoms with Crippen LogP contribution in [-0.2, 0) is 20.7 Å². The van der Waals surface area contributed by atoms with Gasteiger partial charge in [0.25, 0.3) is 0 Å². The lowest BCUT2D eigenvalue weighted by atomic mass is 9.90.